The highest BCUT2D eigenvalue weighted by Crippen LogP contribution is 2.29. The number of ether oxygens (including phenoxy) is 1. The van der Waals surface area contributed by atoms with Crippen LogP contribution >= 0.6 is 11.6 Å². The maximum atomic E-state index is 13.9. The van der Waals surface area contributed by atoms with Gasteiger partial charge in [-0.05, 0) is 36.8 Å². The van der Waals surface area contributed by atoms with Crippen molar-refractivity contribution < 1.29 is 13.9 Å². The van der Waals surface area contributed by atoms with E-state index in [1.165, 1.54) is 6.07 Å². The zero-order valence-electron chi connectivity index (χ0n) is 16.6. The van der Waals surface area contributed by atoms with Crippen molar-refractivity contribution in [3.8, 4) is 5.75 Å². The van der Waals surface area contributed by atoms with Crippen molar-refractivity contribution >= 4 is 28.4 Å². The third-order valence-corrected chi connectivity index (χ3v) is 5.65. The molecular weight excluding hydrogens is 405 g/mol. The Bertz CT molecular complexity index is 1050. The van der Waals surface area contributed by atoms with Crippen LogP contribution in [-0.2, 0) is 11.3 Å². The van der Waals surface area contributed by atoms with Gasteiger partial charge in [0.25, 0.3) is 5.91 Å². The predicted molar refractivity (Wildman–Crippen MR) is 115 cm³/mol. The molecule has 1 fully saturated rings. The molecule has 0 unspecified atom stereocenters. The summed E-state index contributed by atoms with van der Waals surface area (Å²) in [6.07, 6.45) is 2.51. The summed E-state index contributed by atoms with van der Waals surface area (Å²) in [5, 5.41) is 1.39. The number of carbonyl (C=O) groups excluding carboxylic acids is 1. The van der Waals surface area contributed by atoms with Crippen molar-refractivity contribution in [2.75, 3.05) is 32.8 Å². The lowest BCUT2D eigenvalue weighted by Gasteiger charge is -2.22. The van der Waals surface area contributed by atoms with Crippen molar-refractivity contribution in [3.05, 3.63) is 71.1 Å². The smallest absolute Gasteiger partial charge is 0.260 e. The van der Waals surface area contributed by atoms with E-state index in [0.29, 0.717) is 48.0 Å². The van der Waals surface area contributed by atoms with Crippen LogP contribution in [0, 0.1) is 5.82 Å². The van der Waals surface area contributed by atoms with Crippen LogP contribution < -0.4 is 4.74 Å². The van der Waals surface area contributed by atoms with Crippen molar-refractivity contribution in [2.45, 2.75) is 13.0 Å². The van der Waals surface area contributed by atoms with Crippen molar-refractivity contribution in [1.29, 1.82) is 0 Å². The summed E-state index contributed by atoms with van der Waals surface area (Å²) in [6.45, 7) is 3.27. The number of amides is 1. The van der Waals surface area contributed by atoms with Crippen LogP contribution in [0.3, 0.4) is 0 Å². The number of nitrogens with zero attached hydrogens (tertiary/aromatic N) is 3. The Balaban J connectivity index is 1.35. The number of benzene rings is 2. The summed E-state index contributed by atoms with van der Waals surface area (Å²) >= 11 is 6.21. The molecule has 0 bridgehead atoms. The van der Waals surface area contributed by atoms with Gasteiger partial charge in [-0.15, -0.1) is 0 Å². The standard InChI is InChI=1S/C23H23ClFN3O2/c24-19-8-9-21(23-18(19)6-3-10-26-23)30-16-22(29)28-12-4-11-27(13-14-28)15-17-5-1-2-7-20(17)25/h1-3,5-10H,4,11-16H2. The third kappa shape index (κ3) is 4.71. The average Bonchev–Trinajstić information content (AvgIpc) is 3.01. The lowest BCUT2D eigenvalue weighted by molar-refractivity contribution is -0.133. The van der Waals surface area contributed by atoms with Crippen molar-refractivity contribution in [2.24, 2.45) is 0 Å². The molecule has 2 aromatic carbocycles. The highest BCUT2D eigenvalue weighted by Gasteiger charge is 2.20. The quantitative estimate of drug-likeness (QED) is 0.614. The van der Waals surface area contributed by atoms with E-state index >= 15 is 0 Å². The number of hydrogen-bond donors (Lipinski definition) is 0. The number of hydrogen-bond acceptors (Lipinski definition) is 4. The predicted octanol–water partition coefficient (Wildman–Crippen LogP) is 4.14. The molecule has 0 saturated carbocycles. The molecular formula is C23H23ClFN3O2. The van der Waals surface area contributed by atoms with Gasteiger partial charge in [-0.1, -0.05) is 29.8 Å². The second kappa shape index (κ2) is 9.41. The Kier molecular flexibility index (Phi) is 6.45. The highest BCUT2D eigenvalue weighted by molar-refractivity contribution is 6.35. The third-order valence-electron chi connectivity index (χ3n) is 5.32. The van der Waals surface area contributed by atoms with Gasteiger partial charge in [0.2, 0.25) is 0 Å². The number of fused-ring (bicyclic) bond motifs is 1. The molecule has 0 N–H and O–H groups in total. The second-order valence-electron chi connectivity index (χ2n) is 7.34. The van der Waals surface area contributed by atoms with E-state index in [1.54, 1.807) is 24.4 Å². The maximum absolute atomic E-state index is 13.9. The van der Waals surface area contributed by atoms with Crippen LogP contribution in [0.1, 0.15) is 12.0 Å². The Morgan fingerprint density at radius 2 is 1.93 bits per heavy atom. The molecule has 1 aliphatic rings. The van der Waals surface area contributed by atoms with Gasteiger partial charge in [0.1, 0.15) is 17.1 Å². The van der Waals surface area contributed by atoms with E-state index in [4.69, 9.17) is 16.3 Å². The van der Waals surface area contributed by atoms with E-state index in [9.17, 15) is 9.18 Å². The minimum atomic E-state index is -0.188. The first-order valence-electron chi connectivity index (χ1n) is 10.0. The topological polar surface area (TPSA) is 45.7 Å². The van der Waals surface area contributed by atoms with Gasteiger partial charge >= 0.3 is 0 Å². The SMILES string of the molecule is O=C(COc1ccc(Cl)c2cccnc12)N1CCCN(Cc2ccccc2F)CC1. The largest absolute Gasteiger partial charge is 0.481 e. The first kappa shape index (κ1) is 20.6. The number of carbonyl (C=O) groups is 1. The summed E-state index contributed by atoms with van der Waals surface area (Å²) in [5.41, 5.74) is 1.33. The first-order valence-corrected chi connectivity index (χ1v) is 10.4. The molecule has 1 amide bonds. The maximum Gasteiger partial charge on any atom is 0.260 e. The fraction of sp³-hybridized carbons (Fsp3) is 0.304. The van der Waals surface area contributed by atoms with Crippen molar-refractivity contribution in [1.82, 2.24) is 14.8 Å². The number of rotatable bonds is 5. The summed E-state index contributed by atoms with van der Waals surface area (Å²) < 4.78 is 19.7. The molecule has 0 radical (unpaired) electrons. The van der Waals surface area contributed by atoms with Crippen LogP contribution in [0.15, 0.2) is 54.7 Å². The van der Waals surface area contributed by atoms with E-state index in [2.05, 4.69) is 9.88 Å². The minimum absolute atomic E-state index is 0.0549. The monoisotopic (exact) mass is 427 g/mol. The Labute approximate surface area is 180 Å². The lowest BCUT2D eigenvalue weighted by atomic mass is 10.2. The highest BCUT2D eigenvalue weighted by atomic mass is 35.5. The second-order valence-corrected chi connectivity index (χ2v) is 7.74. The fourth-order valence-corrected chi connectivity index (χ4v) is 3.92. The van der Waals surface area contributed by atoms with Gasteiger partial charge in [-0.3, -0.25) is 14.7 Å². The zero-order valence-corrected chi connectivity index (χ0v) is 17.3. The summed E-state index contributed by atoms with van der Waals surface area (Å²) in [4.78, 5) is 21.1. The molecule has 2 heterocycles. The van der Waals surface area contributed by atoms with Crippen LogP contribution in [-0.4, -0.2) is 53.5 Å². The Hall–Kier alpha value is -2.70. The van der Waals surface area contributed by atoms with E-state index in [-0.39, 0.29) is 18.3 Å². The molecule has 0 atom stereocenters. The molecule has 30 heavy (non-hydrogen) atoms. The number of aromatic nitrogens is 1. The Morgan fingerprint density at radius 3 is 2.80 bits per heavy atom. The van der Waals surface area contributed by atoms with Gasteiger partial charge < -0.3 is 9.64 Å². The number of pyridine rings is 1. The van der Waals surface area contributed by atoms with E-state index < -0.39 is 0 Å². The molecule has 0 aliphatic carbocycles. The molecule has 1 saturated heterocycles. The minimum Gasteiger partial charge on any atom is -0.481 e. The van der Waals surface area contributed by atoms with Gasteiger partial charge in [-0.2, -0.15) is 0 Å². The van der Waals surface area contributed by atoms with Crippen LogP contribution in [0.5, 0.6) is 5.75 Å². The molecule has 7 heteroatoms. The zero-order chi connectivity index (χ0) is 20.9. The number of halogens is 2. The van der Waals surface area contributed by atoms with E-state index in [0.717, 1.165) is 18.4 Å². The van der Waals surface area contributed by atoms with Gasteiger partial charge in [0.05, 0.1) is 5.02 Å². The molecule has 3 aromatic rings. The van der Waals surface area contributed by atoms with Crippen molar-refractivity contribution in [3.63, 3.8) is 0 Å². The Morgan fingerprint density at radius 1 is 1.07 bits per heavy atom. The molecule has 156 valence electrons. The van der Waals surface area contributed by atoms with Gasteiger partial charge in [-0.25, -0.2) is 4.39 Å². The molecule has 4 rings (SSSR count). The van der Waals surface area contributed by atoms with Gasteiger partial charge in [0, 0.05) is 49.9 Å². The first-order chi connectivity index (χ1) is 14.6. The molecule has 0 spiro atoms. The molecule has 5 nitrogen and oxygen atoms in total. The summed E-state index contributed by atoms with van der Waals surface area (Å²) in [7, 11) is 0. The van der Waals surface area contributed by atoms with E-state index in [1.807, 2.05) is 29.2 Å². The summed E-state index contributed by atoms with van der Waals surface area (Å²) in [6, 6.07) is 14.0. The average molecular weight is 428 g/mol. The molecule has 1 aliphatic heterocycles. The normalized spacial score (nSPS) is 15.2. The summed E-state index contributed by atoms with van der Waals surface area (Å²) in [5.74, 6) is 0.285. The van der Waals surface area contributed by atoms with Crippen LogP contribution in [0.2, 0.25) is 5.02 Å². The fourth-order valence-electron chi connectivity index (χ4n) is 3.71. The molecule has 1 aromatic heterocycles. The van der Waals surface area contributed by atoms with Gasteiger partial charge in [0.15, 0.2) is 6.61 Å². The van der Waals surface area contributed by atoms with Crippen LogP contribution in [0.4, 0.5) is 4.39 Å². The van der Waals surface area contributed by atoms with Crippen LogP contribution in [0.25, 0.3) is 10.9 Å². The lowest BCUT2D eigenvalue weighted by Crippen LogP contribution is -2.38.